The van der Waals surface area contributed by atoms with E-state index in [1.807, 2.05) is 0 Å². The lowest BCUT2D eigenvalue weighted by Gasteiger charge is -2.22. The highest BCUT2D eigenvalue weighted by atomic mass is 16.5. The number of amides is 1. The number of carbonyl (C=O) groups is 2. The van der Waals surface area contributed by atoms with Gasteiger partial charge in [0.1, 0.15) is 0 Å². The molecule has 3 N–H and O–H groups in total. The van der Waals surface area contributed by atoms with Gasteiger partial charge < -0.3 is 20.3 Å². The van der Waals surface area contributed by atoms with E-state index in [1.165, 1.54) is 340 Å². The molecule has 0 rings (SSSR count). The summed E-state index contributed by atoms with van der Waals surface area (Å²) in [6, 6.07) is -0.538. The molecule has 2 atom stereocenters. The van der Waals surface area contributed by atoms with Crippen LogP contribution in [-0.4, -0.2) is 47.4 Å². The van der Waals surface area contributed by atoms with Gasteiger partial charge in [0, 0.05) is 12.8 Å². The van der Waals surface area contributed by atoms with Crippen LogP contribution in [0, 0.1) is 0 Å². The van der Waals surface area contributed by atoms with E-state index in [9.17, 15) is 19.8 Å². The predicted octanol–water partition coefficient (Wildman–Crippen LogP) is 25.0. The Bertz CT molecular complexity index is 1360. The van der Waals surface area contributed by atoms with Crippen molar-refractivity contribution < 1.29 is 24.5 Å². The molecule has 496 valence electrons. The van der Waals surface area contributed by atoms with E-state index in [0.717, 1.165) is 51.4 Å². The second-order valence-corrected chi connectivity index (χ2v) is 26.3. The van der Waals surface area contributed by atoms with Crippen molar-refractivity contribution >= 4 is 11.9 Å². The molecule has 0 aromatic heterocycles. The fourth-order valence-electron chi connectivity index (χ4n) is 12.1. The van der Waals surface area contributed by atoms with Crippen molar-refractivity contribution in [2.75, 3.05) is 13.2 Å². The summed E-state index contributed by atoms with van der Waals surface area (Å²) in [6.07, 6.45) is 95.2. The monoisotopic (exact) mass is 1180 g/mol. The fourth-order valence-corrected chi connectivity index (χ4v) is 12.1. The van der Waals surface area contributed by atoms with Gasteiger partial charge in [-0.15, -0.1) is 0 Å². The Balaban J connectivity index is 3.33. The fraction of sp³-hybridized carbons (Fsp3) is 0.897. The van der Waals surface area contributed by atoms with Crippen molar-refractivity contribution in [2.45, 2.75) is 437 Å². The Morgan fingerprint density at radius 2 is 0.595 bits per heavy atom. The van der Waals surface area contributed by atoms with Crippen LogP contribution in [0.15, 0.2) is 36.5 Å². The van der Waals surface area contributed by atoms with Crippen LogP contribution in [0.25, 0.3) is 0 Å². The smallest absolute Gasteiger partial charge is 0.305 e. The van der Waals surface area contributed by atoms with E-state index in [1.54, 1.807) is 0 Å². The zero-order valence-electron chi connectivity index (χ0n) is 56.9. The third kappa shape index (κ3) is 69.2. The third-order valence-corrected chi connectivity index (χ3v) is 17.9. The van der Waals surface area contributed by atoms with Crippen molar-refractivity contribution in [2.24, 2.45) is 0 Å². The summed E-state index contributed by atoms with van der Waals surface area (Å²) < 4.78 is 5.50. The van der Waals surface area contributed by atoms with E-state index in [2.05, 4.69) is 55.6 Å². The van der Waals surface area contributed by atoms with E-state index < -0.39 is 12.1 Å². The Labute approximate surface area is 525 Å². The van der Waals surface area contributed by atoms with E-state index in [4.69, 9.17) is 4.74 Å². The third-order valence-electron chi connectivity index (χ3n) is 17.9. The standard InChI is InChI=1S/C78H149NO5/c1-3-5-7-9-11-13-15-17-18-45-48-52-56-60-64-68-72-78(83)84-73-69-65-61-57-53-49-46-43-41-39-37-35-33-31-29-27-25-23-21-19-20-22-24-26-28-30-32-34-36-38-40-42-44-47-51-55-59-63-67-71-77(82)79-75(74-80)76(81)70-66-62-58-54-50-16-14-12-10-8-6-4-2/h18-20,23,25,45,75-76,80-81H,3-17,21-22,24,26-44,46-74H2,1-2H3,(H,79,82)/b20-19-,25-23-,45-18-. The average Bonchev–Trinajstić information content (AvgIpc) is 3.50. The summed E-state index contributed by atoms with van der Waals surface area (Å²) in [6.45, 7) is 4.97. The molecule has 0 aliphatic rings. The number of aliphatic hydroxyl groups is 2. The zero-order chi connectivity index (χ0) is 60.6. The lowest BCUT2D eigenvalue weighted by molar-refractivity contribution is -0.143. The number of rotatable bonds is 72. The molecule has 0 saturated heterocycles. The number of allylic oxidation sites excluding steroid dienone is 6. The average molecular weight is 1180 g/mol. The van der Waals surface area contributed by atoms with Crippen LogP contribution < -0.4 is 5.32 Å². The highest BCUT2D eigenvalue weighted by molar-refractivity contribution is 5.76. The van der Waals surface area contributed by atoms with Crippen LogP contribution >= 0.6 is 0 Å². The molecule has 1 amide bonds. The van der Waals surface area contributed by atoms with Gasteiger partial charge in [0.25, 0.3) is 0 Å². The molecular weight excluding hydrogens is 1030 g/mol. The number of unbranched alkanes of at least 4 members (excludes halogenated alkanes) is 55. The van der Waals surface area contributed by atoms with Crippen molar-refractivity contribution in [3.63, 3.8) is 0 Å². The van der Waals surface area contributed by atoms with Gasteiger partial charge in [0.15, 0.2) is 0 Å². The highest BCUT2D eigenvalue weighted by Gasteiger charge is 2.20. The van der Waals surface area contributed by atoms with Gasteiger partial charge in [-0.2, -0.15) is 0 Å². The van der Waals surface area contributed by atoms with Crippen LogP contribution in [0.4, 0.5) is 0 Å². The van der Waals surface area contributed by atoms with E-state index in [0.29, 0.717) is 25.9 Å². The first-order valence-corrected chi connectivity index (χ1v) is 38.2. The Morgan fingerprint density at radius 3 is 0.917 bits per heavy atom. The van der Waals surface area contributed by atoms with Crippen LogP contribution in [0.3, 0.4) is 0 Å². The summed E-state index contributed by atoms with van der Waals surface area (Å²) in [5, 5.41) is 23.3. The van der Waals surface area contributed by atoms with Gasteiger partial charge in [-0.3, -0.25) is 9.59 Å². The van der Waals surface area contributed by atoms with Crippen LogP contribution in [0.2, 0.25) is 0 Å². The lowest BCUT2D eigenvalue weighted by atomic mass is 10.0. The minimum atomic E-state index is -0.661. The van der Waals surface area contributed by atoms with Gasteiger partial charge >= 0.3 is 5.97 Å². The number of ether oxygens (including phenoxy) is 1. The van der Waals surface area contributed by atoms with Crippen molar-refractivity contribution in [1.82, 2.24) is 5.32 Å². The molecule has 0 aromatic carbocycles. The minimum Gasteiger partial charge on any atom is -0.466 e. The summed E-state index contributed by atoms with van der Waals surface area (Å²) in [4.78, 5) is 24.6. The van der Waals surface area contributed by atoms with Gasteiger partial charge in [-0.05, 0) is 83.5 Å². The maximum atomic E-state index is 12.5. The molecule has 0 aromatic rings. The molecule has 0 radical (unpaired) electrons. The summed E-state index contributed by atoms with van der Waals surface area (Å²) in [5.74, 6) is -0.0169. The van der Waals surface area contributed by atoms with Gasteiger partial charge in [0.05, 0.1) is 25.4 Å². The second kappa shape index (κ2) is 73.5. The Morgan fingerprint density at radius 1 is 0.333 bits per heavy atom. The minimum absolute atomic E-state index is 0.0134. The number of hydrogen-bond acceptors (Lipinski definition) is 5. The van der Waals surface area contributed by atoms with E-state index in [-0.39, 0.29) is 18.5 Å². The summed E-state index contributed by atoms with van der Waals surface area (Å²) in [7, 11) is 0. The van der Waals surface area contributed by atoms with Gasteiger partial charge in [-0.25, -0.2) is 0 Å². The molecule has 0 bridgehead atoms. The molecule has 0 spiro atoms. The summed E-state index contributed by atoms with van der Waals surface area (Å²) >= 11 is 0. The molecule has 84 heavy (non-hydrogen) atoms. The molecule has 0 fully saturated rings. The van der Waals surface area contributed by atoms with E-state index >= 15 is 0 Å². The highest BCUT2D eigenvalue weighted by Crippen LogP contribution is 2.19. The van der Waals surface area contributed by atoms with Crippen molar-refractivity contribution in [1.29, 1.82) is 0 Å². The quantitative estimate of drug-likeness (QED) is 0.0320. The number of hydrogen-bond donors (Lipinski definition) is 3. The number of aliphatic hydroxyl groups excluding tert-OH is 2. The Kier molecular flexibility index (Phi) is 71.9. The van der Waals surface area contributed by atoms with Crippen LogP contribution in [0.5, 0.6) is 0 Å². The van der Waals surface area contributed by atoms with Crippen LogP contribution in [0.1, 0.15) is 425 Å². The maximum Gasteiger partial charge on any atom is 0.305 e. The SMILES string of the molecule is CCCCCCCCC/C=C\CCCCCCCC(=O)OCCCCCCCCCCCCCCCCC/C=C\C/C=C\CCCCCCCCCCCCCCCCCCCC(=O)NC(CO)C(O)CCCCCCCCCCCCCC. The molecule has 0 saturated carbocycles. The molecule has 2 unspecified atom stereocenters. The summed E-state index contributed by atoms with van der Waals surface area (Å²) in [5.41, 5.74) is 0. The second-order valence-electron chi connectivity index (χ2n) is 26.3. The largest absolute Gasteiger partial charge is 0.466 e. The van der Waals surface area contributed by atoms with Crippen molar-refractivity contribution in [3.05, 3.63) is 36.5 Å². The van der Waals surface area contributed by atoms with Crippen LogP contribution in [-0.2, 0) is 14.3 Å². The number of nitrogens with one attached hydrogen (secondary N) is 1. The normalized spacial score (nSPS) is 12.7. The topological polar surface area (TPSA) is 95.9 Å². The van der Waals surface area contributed by atoms with Gasteiger partial charge in [0.2, 0.25) is 5.91 Å². The first kappa shape index (κ1) is 82.1. The molecular formula is C78H149NO5. The first-order chi connectivity index (χ1) is 41.5. The van der Waals surface area contributed by atoms with Crippen molar-refractivity contribution in [3.8, 4) is 0 Å². The number of carbonyl (C=O) groups excluding carboxylic acids is 2. The Hall–Kier alpha value is -1.92. The molecule has 0 aliphatic carbocycles. The number of esters is 1. The lowest BCUT2D eigenvalue weighted by Crippen LogP contribution is -2.45. The maximum absolute atomic E-state index is 12.5. The predicted molar refractivity (Wildman–Crippen MR) is 370 cm³/mol. The zero-order valence-corrected chi connectivity index (χ0v) is 56.9. The molecule has 0 heterocycles. The van der Waals surface area contributed by atoms with Gasteiger partial charge in [-0.1, -0.05) is 365 Å². The molecule has 6 heteroatoms. The molecule has 6 nitrogen and oxygen atoms in total. The molecule has 0 aliphatic heterocycles. The first-order valence-electron chi connectivity index (χ1n) is 38.2.